The Morgan fingerprint density at radius 2 is 1.85 bits per heavy atom. The van der Waals surface area contributed by atoms with Crippen molar-refractivity contribution in [3.8, 4) is 11.3 Å². The van der Waals surface area contributed by atoms with Gasteiger partial charge in [0.05, 0.1) is 16.4 Å². The normalized spacial score (nSPS) is 10.6. The molecule has 0 N–H and O–H groups in total. The van der Waals surface area contributed by atoms with Crippen molar-refractivity contribution >= 4 is 23.2 Å². The number of nitrogens with zero attached hydrogens (tertiary/aromatic N) is 3. The Balaban J connectivity index is 1.66. The molecule has 0 aliphatic carbocycles. The number of aromatic nitrogens is 2. The summed E-state index contributed by atoms with van der Waals surface area (Å²) < 4.78 is 0. The van der Waals surface area contributed by atoms with Gasteiger partial charge in [-0.1, -0.05) is 36.0 Å². The van der Waals surface area contributed by atoms with Crippen LogP contribution in [0.5, 0.6) is 0 Å². The average molecular weight is 379 g/mol. The minimum atomic E-state index is -0.513. The zero-order chi connectivity index (χ0) is 19.4. The van der Waals surface area contributed by atoms with Crippen molar-refractivity contribution in [3.05, 3.63) is 81.4 Å². The number of carbonyl (C=O) groups is 1. The van der Waals surface area contributed by atoms with E-state index < -0.39 is 4.92 Å². The molecule has 0 atom stereocenters. The molecule has 0 amide bonds. The highest BCUT2D eigenvalue weighted by Crippen LogP contribution is 2.23. The molecule has 0 saturated carbocycles. The highest BCUT2D eigenvalue weighted by atomic mass is 32.2. The van der Waals surface area contributed by atoms with E-state index in [0.29, 0.717) is 10.6 Å². The Hall–Kier alpha value is -3.06. The summed E-state index contributed by atoms with van der Waals surface area (Å²) in [5.74, 6) is -0.0533. The van der Waals surface area contributed by atoms with E-state index in [2.05, 4.69) is 30.1 Å². The van der Waals surface area contributed by atoms with Crippen LogP contribution < -0.4 is 0 Å². The summed E-state index contributed by atoms with van der Waals surface area (Å²) in [7, 11) is 0. The lowest BCUT2D eigenvalue weighted by Crippen LogP contribution is -2.03. The van der Waals surface area contributed by atoms with E-state index >= 15 is 0 Å². The molecule has 1 heterocycles. The number of carbonyl (C=O) groups excluding carboxylic acids is 1. The minimum Gasteiger partial charge on any atom is -0.293 e. The molecular formula is C20H17N3O3S. The topological polar surface area (TPSA) is 86.0 Å². The second-order valence-corrected chi connectivity index (χ2v) is 7.07. The lowest BCUT2D eigenvalue weighted by atomic mass is 10.0. The van der Waals surface area contributed by atoms with Crippen molar-refractivity contribution in [2.75, 3.05) is 5.75 Å². The predicted octanol–water partition coefficient (Wildman–Crippen LogP) is 4.64. The van der Waals surface area contributed by atoms with E-state index in [1.165, 1.54) is 41.1 Å². The Kier molecular flexibility index (Phi) is 5.61. The average Bonchev–Trinajstić information content (AvgIpc) is 2.68. The third-order valence-electron chi connectivity index (χ3n) is 4.17. The van der Waals surface area contributed by atoms with Gasteiger partial charge in [0.1, 0.15) is 5.03 Å². The number of rotatable bonds is 6. The largest absolute Gasteiger partial charge is 0.293 e. The quantitative estimate of drug-likeness (QED) is 0.268. The number of hydrogen-bond donors (Lipinski definition) is 0. The van der Waals surface area contributed by atoms with E-state index in [-0.39, 0.29) is 17.2 Å². The van der Waals surface area contributed by atoms with Crippen molar-refractivity contribution in [2.45, 2.75) is 18.9 Å². The fraction of sp³-hybridized carbons (Fsp3) is 0.150. The molecule has 3 rings (SSSR count). The second kappa shape index (κ2) is 8.09. The first-order valence-electron chi connectivity index (χ1n) is 8.26. The van der Waals surface area contributed by atoms with Crippen LogP contribution in [0.1, 0.15) is 21.5 Å². The molecule has 2 aromatic carbocycles. The second-order valence-electron chi connectivity index (χ2n) is 6.08. The van der Waals surface area contributed by atoms with Gasteiger partial charge < -0.3 is 0 Å². The monoisotopic (exact) mass is 379 g/mol. The molecule has 0 unspecified atom stereocenters. The Morgan fingerprint density at radius 1 is 1.04 bits per heavy atom. The molecule has 0 aliphatic heterocycles. The number of nitro groups is 1. The molecule has 27 heavy (non-hydrogen) atoms. The standard InChI is InChI=1S/C20H17N3O3S/c1-13-6-7-15(10-14(13)2)18-8-9-20(22-21-18)27-12-19(24)16-4-3-5-17(11-16)23(25)26/h3-11H,12H2,1-2H3. The van der Waals surface area contributed by atoms with Gasteiger partial charge in [0.15, 0.2) is 5.78 Å². The van der Waals surface area contributed by atoms with Crippen molar-refractivity contribution < 1.29 is 9.72 Å². The number of benzene rings is 2. The molecule has 136 valence electrons. The summed E-state index contributed by atoms with van der Waals surface area (Å²) in [6, 6.07) is 15.5. The van der Waals surface area contributed by atoms with E-state index in [4.69, 9.17) is 0 Å². The van der Waals surface area contributed by atoms with Gasteiger partial charge in [0.2, 0.25) is 0 Å². The molecule has 0 fully saturated rings. The van der Waals surface area contributed by atoms with Crippen LogP contribution in [0.25, 0.3) is 11.3 Å². The Morgan fingerprint density at radius 3 is 2.52 bits per heavy atom. The Bertz CT molecular complexity index is 1000. The molecule has 7 heteroatoms. The first-order chi connectivity index (χ1) is 12.9. The first kappa shape index (κ1) is 18.7. The summed E-state index contributed by atoms with van der Waals surface area (Å²) in [6.07, 6.45) is 0. The highest BCUT2D eigenvalue weighted by molar-refractivity contribution is 7.99. The zero-order valence-corrected chi connectivity index (χ0v) is 15.7. The fourth-order valence-electron chi connectivity index (χ4n) is 2.47. The van der Waals surface area contributed by atoms with Crippen LogP contribution in [0.2, 0.25) is 0 Å². The van der Waals surface area contributed by atoms with Crippen LogP contribution in [0.3, 0.4) is 0 Å². The number of ketones is 1. The number of aryl methyl sites for hydroxylation is 2. The van der Waals surface area contributed by atoms with Gasteiger partial charge in [-0.3, -0.25) is 14.9 Å². The maximum Gasteiger partial charge on any atom is 0.270 e. The van der Waals surface area contributed by atoms with Crippen LogP contribution in [-0.2, 0) is 0 Å². The van der Waals surface area contributed by atoms with E-state index in [9.17, 15) is 14.9 Å². The van der Waals surface area contributed by atoms with E-state index in [1.807, 2.05) is 24.3 Å². The maximum atomic E-state index is 12.3. The minimum absolute atomic E-state index is 0.0941. The van der Waals surface area contributed by atoms with Crippen LogP contribution in [0.15, 0.2) is 59.6 Å². The predicted molar refractivity (Wildman–Crippen MR) is 105 cm³/mol. The van der Waals surface area contributed by atoms with Gasteiger partial charge in [-0.15, -0.1) is 10.2 Å². The van der Waals surface area contributed by atoms with E-state index in [0.717, 1.165) is 11.3 Å². The number of non-ortho nitro benzene ring substituents is 1. The van der Waals surface area contributed by atoms with Crippen molar-refractivity contribution in [3.63, 3.8) is 0 Å². The molecule has 6 nitrogen and oxygen atoms in total. The maximum absolute atomic E-state index is 12.3. The summed E-state index contributed by atoms with van der Waals surface area (Å²) in [4.78, 5) is 22.6. The lowest BCUT2D eigenvalue weighted by Gasteiger charge is -2.05. The molecular weight excluding hydrogens is 362 g/mol. The molecule has 1 aromatic heterocycles. The molecule has 0 saturated heterocycles. The van der Waals surface area contributed by atoms with Crippen molar-refractivity contribution in [1.82, 2.24) is 10.2 Å². The van der Waals surface area contributed by atoms with Crippen LogP contribution >= 0.6 is 11.8 Å². The van der Waals surface area contributed by atoms with Gasteiger partial charge in [-0.05, 0) is 43.2 Å². The number of nitro benzene ring substituents is 1. The molecule has 0 bridgehead atoms. The smallest absolute Gasteiger partial charge is 0.270 e. The number of thioether (sulfide) groups is 1. The Labute approximate surface area is 160 Å². The van der Waals surface area contributed by atoms with Crippen molar-refractivity contribution in [1.29, 1.82) is 0 Å². The SMILES string of the molecule is Cc1ccc(-c2ccc(SCC(=O)c3cccc([N+](=O)[O-])c3)nn2)cc1C. The third-order valence-corrected chi connectivity index (χ3v) is 5.09. The van der Waals surface area contributed by atoms with Gasteiger partial charge in [0, 0.05) is 23.3 Å². The summed E-state index contributed by atoms with van der Waals surface area (Å²) in [5, 5.41) is 19.8. The van der Waals surface area contributed by atoms with Crippen LogP contribution in [0, 0.1) is 24.0 Å². The molecule has 0 spiro atoms. The lowest BCUT2D eigenvalue weighted by molar-refractivity contribution is -0.384. The summed E-state index contributed by atoms with van der Waals surface area (Å²) in [6.45, 7) is 4.11. The van der Waals surface area contributed by atoms with Crippen LogP contribution in [0.4, 0.5) is 5.69 Å². The van der Waals surface area contributed by atoms with Gasteiger partial charge in [0.25, 0.3) is 5.69 Å². The first-order valence-corrected chi connectivity index (χ1v) is 9.24. The van der Waals surface area contributed by atoms with Gasteiger partial charge in [-0.2, -0.15) is 0 Å². The van der Waals surface area contributed by atoms with Gasteiger partial charge in [-0.25, -0.2) is 0 Å². The van der Waals surface area contributed by atoms with Gasteiger partial charge >= 0.3 is 0 Å². The molecule has 3 aromatic rings. The molecule has 0 aliphatic rings. The van der Waals surface area contributed by atoms with Crippen LogP contribution in [-0.4, -0.2) is 26.7 Å². The zero-order valence-electron chi connectivity index (χ0n) is 14.9. The summed E-state index contributed by atoms with van der Waals surface area (Å²) in [5.41, 5.74) is 4.40. The fourth-order valence-corrected chi connectivity index (χ4v) is 3.18. The van der Waals surface area contributed by atoms with E-state index in [1.54, 1.807) is 6.07 Å². The molecule has 0 radical (unpaired) electrons. The van der Waals surface area contributed by atoms with Crippen molar-refractivity contribution in [2.24, 2.45) is 0 Å². The number of hydrogen-bond acceptors (Lipinski definition) is 6. The third kappa shape index (κ3) is 4.57. The summed E-state index contributed by atoms with van der Waals surface area (Å²) >= 11 is 1.25. The highest BCUT2D eigenvalue weighted by Gasteiger charge is 2.12. The number of Topliss-reactive ketones (excluding diaryl/α,β-unsaturated/α-hetero) is 1.